The summed E-state index contributed by atoms with van der Waals surface area (Å²) in [5, 5.41) is 21.6. The summed E-state index contributed by atoms with van der Waals surface area (Å²) in [6.45, 7) is 2.51. The topological polar surface area (TPSA) is 169 Å². The molecule has 1 saturated heterocycles. The van der Waals surface area contributed by atoms with Crippen molar-refractivity contribution in [3.05, 3.63) is 12.7 Å². The highest BCUT2D eigenvalue weighted by Gasteiger charge is 2.54. The van der Waals surface area contributed by atoms with Gasteiger partial charge in [0.25, 0.3) is 0 Å². The number of nitrogens with zero attached hydrogens (tertiary/aromatic N) is 4. The van der Waals surface area contributed by atoms with E-state index in [9.17, 15) is 20.0 Å². The lowest BCUT2D eigenvalue weighted by Crippen LogP contribution is -2.50. The molecule has 3 heterocycles. The number of hydrogen-bond donors (Lipinski definition) is 5. The second kappa shape index (κ2) is 7.47. The third-order valence-corrected chi connectivity index (χ3v) is 6.76. The number of aliphatic hydroxyl groups is 2. The molecule has 3 unspecified atom stereocenters. The number of ether oxygens (including phenoxy) is 1. The van der Waals surface area contributed by atoms with E-state index in [0.29, 0.717) is 11.2 Å². The van der Waals surface area contributed by atoms with Gasteiger partial charge in [0, 0.05) is 11.8 Å². The molecular formula is C16H26N5O6PS. The molecule has 0 aliphatic carbocycles. The highest BCUT2D eigenvalue weighted by molar-refractivity contribution is 8.06. The van der Waals surface area contributed by atoms with Gasteiger partial charge in [0.1, 0.15) is 11.8 Å². The van der Waals surface area contributed by atoms with Crippen LogP contribution in [0.5, 0.6) is 0 Å². The van der Waals surface area contributed by atoms with Crippen LogP contribution in [0.3, 0.4) is 0 Å². The SMILES string of the molecule is CC1[C@@H](O)[C@@H](O)C(C)[C@@](C)(COP(O)(O)=S)OC1(C)n1cnc2c(N)ncnc21. The lowest BCUT2D eigenvalue weighted by atomic mass is 9.82. The van der Waals surface area contributed by atoms with E-state index in [1.807, 2.05) is 0 Å². The first-order chi connectivity index (χ1) is 13.3. The molecule has 1 aliphatic rings. The summed E-state index contributed by atoms with van der Waals surface area (Å²) < 4.78 is 13.2. The maximum atomic E-state index is 10.8. The number of imidazole rings is 1. The fourth-order valence-electron chi connectivity index (χ4n) is 3.75. The molecule has 2 aromatic rings. The van der Waals surface area contributed by atoms with Gasteiger partial charge in [0.2, 0.25) is 0 Å². The molecule has 0 radical (unpaired) electrons. The number of aliphatic hydroxyl groups excluding tert-OH is 2. The van der Waals surface area contributed by atoms with E-state index < -0.39 is 42.1 Å². The number of hydrogen-bond acceptors (Lipinski definition) is 9. The summed E-state index contributed by atoms with van der Waals surface area (Å²) in [6.07, 6.45) is 0.431. The van der Waals surface area contributed by atoms with Gasteiger partial charge in [-0.15, -0.1) is 0 Å². The molecule has 11 nitrogen and oxygen atoms in total. The first kappa shape index (κ1) is 22.4. The molecule has 162 valence electrons. The third-order valence-electron chi connectivity index (χ3n) is 5.98. The van der Waals surface area contributed by atoms with Crippen molar-refractivity contribution in [2.75, 3.05) is 12.3 Å². The largest absolute Gasteiger partial charge is 0.390 e. The van der Waals surface area contributed by atoms with Crippen LogP contribution in [0.2, 0.25) is 0 Å². The van der Waals surface area contributed by atoms with Crippen molar-refractivity contribution >= 4 is 35.5 Å². The average molecular weight is 447 g/mol. The van der Waals surface area contributed by atoms with Gasteiger partial charge in [0.05, 0.1) is 30.7 Å². The minimum atomic E-state index is -3.96. The van der Waals surface area contributed by atoms with E-state index in [4.69, 9.17) is 15.0 Å². The van der Waals surface area contributed by atoms with Crippen LogP contribution in [-0.2, 0) is 26.8 Å². The first-order valence-electron chi connectivity index (χ1n) is 9.00. The zero-order valence-electron chi connectivity index (χ0n) is 16.5. The van der Waals surface area contributed by atoms with E-state index in [0.717, 1.165) is 0 Å². The Morgan fingerprint density at radius 3 is 2.45 bits per heavy atom. The standard InChI is InChI=1S/C16H26N5O6PS/c1-8-11(22)12(23)9(2)16(4,27-15(8,3)5-26-28(24,25)29)21-7-20-10-13(17)18-6-19-14(10)21/h6-9,11-12,22-23H,5H2,1-4H3,(H2,17,18,19)(H2,24,25,29)/t8?,9?,11-,12+,15+,16?/m0/s1. The first-order valence-corrected chi connectivity index (χ1v) is 11.6. The van der Waals surface area contributed by atoms with Crippen LogP contribution >= 0.6 is 6.72 Å². The Kier molecular flexibility index (Phi) is 5.78. The number of aromatic nitrogens is 4. The predicted molar refractivity (Wildman–Crippen MR) is 108 cm³/mol. The maximum absolute atomic E-state index is 10.8. The summed E-state index contributed by atoms with van der Waals surface area (Å²) in [6, 6.07) is 0. The fourth-order valence-corrected chi connectivity index (χ4v) is 4.33. The molecule has 6 atom stereocenters. The maximum Gasteiger partial charge on any atom is 0.321 e. The highest BCUT2D eigenvalue weighted by atomic mass is 32.5. The van der Waals surface area contributed by atoms with Gasteiger partial charge < -0.3 is 35.0 Å². The minimum Gasteiger partial charge on any atom is -0.390 e. The number of anilines is 1. The number of fused-ring (bicyclic) bond motifs is 1. The normalized spacial score (nSPS) is 36.3. The van der Waals surface area contributed by atoms with Gasteiger partial charge in [-0.2, -0.15) is 0 Å². The molecule has 0 spiro atoms. The number of rotatable bonds is 4. The molecule has 0 aromatic carbocycles. The lowest BCUT2D eigenvalue weighted by molar-refractivity contribution is -0.228. The van der Waals surface area contributed by atoms with Crippen LogP contribution in [0.25, 0.3) is 11.2 Å². The monoisotopic (exact) mass is 447 g/mol. The van der Waals surface area contributed by atoms with Gasteiger partial charge in [-0.1, -0.05) is 13.8 Å². The fraction of sp³-hybridized carbons (Fsp3) is 0.688. The second-order valence-electron chi connectivity index (χ2n) is 7.84. The van der Waals surface area contributed by atoms with Gasteiger partial charge in [-0.05, 0) is 25.7 Å². The van der Waals surface area contributed by atoms with Crippen molar-refractivity contribution in [1.29, 1.82) is 0 Å². The van der Waals surface area contributed by atoms with Crippen molar-refractivity contribution in [2.45, 2.75) is 51.2 Å². The van der Waals surface area contributed by atoms with Crippen molar-refractivity contribution in [2.24, 2.45) is 11.8 Å². The molecule has 13 heteroatoms. The highest BCUT2D eigenvalue weighted by Crippen LogP contribution is 2.47. The van der Waals surface area contributed by atoms with Crippen molar-refractivity contribution in [3.8, 4) is 0 Å². The Morgan fingerprint density at radius 1 is 1.21 bits per heavy atom. The van der Waals surface area contributed by atoms with Crippen molar-refractivity contribution in [3.63, 3.8) is 0 Å². The Balaban J connectivity index is 2.14. The summed E-state index contributed by atoms with van der Waals surface area (Å²) in [7, 11) is 0. The molecule has 0 bridgehead atoms. The van der Waals surface area contributed by atoms with Gasteiger partial charge in [-0.25, -0.2) is 15.0 Å². The van der Waals surface area contributed by atoms with Gasteiger partial charge >= 0.3 is 6.72 Å². The molecule has 1 fully saturated rings. The zero-order valence-corrected chi connectivity index (χ0v) is 18.2. The third kappa shape index (κ3) is 3.91. The number of nitrogens with two attached hydrogens (primary N) is 1. The predicted octanol–water partition coefficient (Wildman–Crippen LogP) is 0.0898. The van der Waals surface area contributed by atoms with Gasteiger partial charge in [-0.3, -0.25) is 4.57 Å². The van der Waals surface area contributed by atoms with Crippen LogP contribution in [0, 0.1) is 11.8 Å². The Labute approximate surface area is 172 Å². The van der Waals surface area contributed by atoms with E-state index in [1.54, 1.807) is 32.3 Å². The summed E-state index contributed by atoms with van der Waals surface area (Å²) in [5.74, 6) is -1.07. The molecular weight excluding hydrogens is 421 g/mol. The Hall–Kier alpha value is -1.24. The quantitative estimate of drug-likeness (QED) is 0.403. The van der Waals surface area contributed by atoms with Crippen LogP contribution in [-0.4, -0.2) is 63.9 Å². The lowest BCUT2D eigenvalue weighted by Gasteiger charge is -2.43. The number of nitrogen functional groups attached to an aromatic ring is 1. The van der Waals surface area contributed by atoms with E-state index in [2.05, 4.69) is 26.8 Å². The average Bonchev–Trinajstić information content (AvgIpc) is 3.07. The van der Waals surface area contributed by atoms with E-state index >= 15 is 0 Å². The smallest absolute Gasteiger partial charge is 0.321 e. The summed E-state index contributed by atoms with van der Waals surface area (Å²) in [4.78, 5) is 31.5. The molecule has 6 N–H and O–H groups in total. The Morgan fingerprint density at radius 2 is 1.83 bits per heavy atom. The zero-order chi connectivity index (χ0) is 21.8. The van der Waals surface area contributed by atoms with Crippen LogP contribution in [0.15, 0.2) is 12.7 Å². The van der Waals surface area contributed by atoms with Crippen LogP contribution < -0.4 is 5.73 Å². The van der Waals surface area contributed by atoms with Crippen molar-refractivity contribution < 1.29 is 29.3 Å². The molecule has 0 amide bonds. The van der Waals surface area contributed by atoms with E-state index in [-0.39, 0.29) is 12.4 Å². The van der Waals surface area contributed by atoms with Crippen molar-refractivity contribution in [1.82, 2.24) is 19.5 Å². The molecule has 2 aromatic heterocycles. The van der Waals surface area contributed by atoms with Gasteiger partial charge in [0.15, 0.2) is 17.2 Å². The summed E-state index contributed by atoms with van der Waals surface area (Å²) >= 11 is 4.55. The summed E-state index contributed by atoms with van der Waals surface area (Å²) in [5.41, 5.74) is 4.15. The van der Waals surface area contributed by atoms with Crippen LogP contribution in [0.4, 0.5) is 5.82 Å². The Bertz CT molecular complexity index is 955. The molecule has 0 saturated carbocycles. The van der Waals surface area contributed by atoms with E-state index in [1.165, 1.54) is 12.7 Å². The molecule has 3 rings (SSSR count). The molecule has 1 aliphatic heterocycles. The molecule has 29 heavy (non-hydrogen) atoms. The van der Waals surface area contributed by atoms with Crippen LogP contribution in [0.1, 0.15) is 27.7 Å². The second-order valence-corrected chi connectivity index (χ2v) is 10.5. The minimum absolute atomic E-state index is 0.194.